The smallest absolute Gasteiger partial charge is 0.264 e. The van der Waals surface area contributed by atoms with Crippen LogP contribution in [0.3, 0.4) is 0 Å². The number of primary amides is 1. The van der Waals surface area contributed by atoms with Crippen molar-refractivity contribution in [1.29, 1.82) is 0 Å². The zero-order chi connectivity index (χ0) is 23.3. The highest BCUT2D eigenvalue weighted by atomic mass is 35.5. The Bertz CT molecular complexity index is 1250. The lowest BCUT2D eigenvalue weighted by Gasteiger charge is -2.24. The summed E-state index contributed by atoms with van der Waals surface area (Å²) < 4.78 is 32.8. The fourth-order valence-corrected chi connectivity index (χ4v) is 4.50. The number of nitrogens with two attached hydrogens (primary N) is 1. The van der Waals surface area contributed by atoms with Gasteiger partial charge in [0.05, 0.1) is 17.7 Å². The van der Waals surface area contributed by atoms with Crippen LogP contribution in [0.15, 0.2) is 77.7 Å². The van der Waals surface area contributed by atoms with E-state index in [2.05, 4.69) is 5.32 Å². The van der Waals surface area contributed by atoms with Crippen LogP contribution in [0.4, 0.5) is 11.4 Å². The third-order valence-electron chi connectivity index (χ3n) is 4.46. The summed E-state index contributed by atoms with van der Waals surface area (Å²) in [7, 11) is -2.65. The highest BCUT2D eigenvalue weighted by molar-refractivity contribution is 7.92. The molecule has 3 N–H and O–H groups in total. The van der Waals surface area contributed by atoms with Gasteiger partial charge in [0, 0.05) is 16.3 Å². The van der Waals surface area contributed by atoms with Gasteiger partial charge in [0.2, 0.25) is 11.8 Å². The summed E-state index contributed by atoms with van der Waals surface area (Å²) in [5.41, 5.74) is 6.00. The summed E-state index contributed by atoms with van der Waals surface area (Å²) in [5.74, 6) is -0.780. The molecule has 8 nitrogen and oxygen atoms in total. The molecular weight excluding hydrogens is 454 g/mol. The Hall–Kier alpha value is -3.56. The van der Waals surface area contributed by atoms with E-state index in [1.165, 1.54) is 55.6 Å². The van der Waals surface area contributed by atoms with Gasteiger partial charge in [0.25, 0.3) is 10.0 Å². The van der Waals surface area contributed by atoms with Crippen LogP contribution in [0.2, 0.25) is 5.02 Å². The Morgan fingerprint density at radius 3 is 2.34 bits per heavy atom. The molecule has 0 aromatic heterocycles. The molecule has 0 heterocycles. The minimum atomic E-state index is -4.12. The van der Waals surface area contributed by atoms with Gasteiger partial charge >= 0.3 is 0 Å². The lowest BCUT2D eigenvalue weighted by atomic mass is 10.2. The standard InChI is InChI=1S/C22H20ClN3O5S/c1-31-19-8-10-20(11-9-19)32(29,30)26(18-7-3-5-16(23)13-18)14-21(27)25-17-6-2-4-15(12-17)22(24)28/h2-13H,14H2,1H3,(H2,24,28)(H,25,27). The van der Waals surface area contributed by atoms with Crippen molar-refractivity contribution in [1.82, 2.24) is 0 Å². The number of benzene rings is 3. The lowest BCUT2D eigenvalue weighted by Crippen LogP contribution is -2.38. The van der Waals surface area contributed by atoms with Gasteiger partial charge in [-0.15, -0.1) is 0 Å². The second-order valence-electron chi connectivity index (χ2n) is 6.66. The number of hydrogen-bond donors (Lipinski definition) is 2. The van der Waals surface area contributed by atoms with Crippen molar-refractivity contribution in [3.05, 3.63) is 83.4 Å². The van der Waals surface area contributed by atoms with Gasteiger partial charge in [-0.05, 0) is 60.7 Å². The molecule has 3 aromatic carbocycles. The van der Waals surface area contributed by atoms with Crippen molar-refractivity contribution in [2.75, 3.05) is 23.3 Å². The molecule has 0 aliphatic carbocycles. The first-order valence-corrected chi connectivity index (χ1v) is 11.1. The van der Waals surface area contributed by atoms with Gasteiger partial charge in [-0.25, -0.2) is 8.42 Å². The molecule has 0 fully saturated rings. The quantitative estimate of drug-likeness (QED) is 0.520. The Morgan fingerprint density at radius 1 is 1.03 bits per heavy atom. The van der Waals surface area contributed by atoms with Crippen molar-refractivity contribution in [2.24, 2.45) is 5.73 Å². The number of methoxy groups -OCH3 is 1. The van der Waals surface area contributed by atoms with E-state index in [0.29, 0.717) is 16.5 Å². The zero-order valence-corrected chi connectivity index (χ0v) is 18.6. The maximum absolute atomic E-state index is 13.4. The molecule has 0 atom stereocenters. The van der Waals surface area contributed by atoms with E-state index in [-0.39, 0.29) is 16.1 Å². The van der Waals surface area contributed by atoms with Crippen LogP contribution in [-0.4, -0.2) is 33.9 Å². The molecule has 32 heavy (non-hydrogen) atoms. The Labute approximate surface area is 190 Å². The van der Waals surface area contributed by atoms with Crippen LogP contribution >= 0.6 is 11.6 Å². The van der Waals surface area contributed by atoms with Gasteiger partial charge in [-0.3, -0.25) is 13.9 Å². The SMILES string of the molecule is COc1ccc(S(=O)(=O)N(CC(=O)Nc2cccc(C(N)=O)c2)c2cccc(Cl)c2)cc1. The molecular formula is C22H20ClN3O5S. The Kier molecular flexibility index (Phi) is 7.01. The van der Waals surface area contributed by atoms with Crippen molar-refractivity contribution < 1.29 is 22.7 Å². The highest BCUT2D eigenvalue weighted by Gasteiger charge is 2.27. The second kappa shape index (κ2) is 9.71. The van der Waals surface area contributed by atoms with Crippen LogP contribution in [0.5, 0.6) is 5.75 Å². The summed E-state index contributed by atoms with van der Waals surface area (Å²) in [5, 5.41) is 2.90. The molecule has 0 unspecified atom stereocenters. The number of nitrogens with one attached hydrogen (secondary N) is 1. The van der Waals surface area contributed by atoms with E-state index < -0.39 is 28.4 Å². The third-order valence-corrected chi connectivity index (χ3v) is 6.48. The predicted octanol–water partition coefficient (Wildman–Crippen LogP) is 3.28. The van der Waals surface area contributed by atoms with Crippen LogP contribution in [0.1, 0.15) is 10.4 Å². The lowest BCUT2D eigenvalue weighted by molar-refractivity contribution is -0.114. The molecule has 0 saturated heterocycles. The minimum Gasteiger partial charge on any atom is -0.497 e. The highest BCUT2D eigenvalue weighted by Crippen LogP contribution is 2.27. The summed E-state index contributed by atoms with van der Waals surface area (Å²) in [6.07, 6.45) is 0. The van der Waals surface area contributed by atoms with Crippen molar-refractivity contribution in [3.8, 4) is 5.75 Å². The molecule has 166 valence electrons. The van der Waals surface area contributed by atoms with Gasteiger partial charge in [0.15, 0.2) is 0 Å². The zero-order valence-electron chi connectivity index (χ0n) is 17.0. The van der Waals surface area contributed by atoms with Crippen molar-refractivity contribution in [2.45, 2.75) is 4.90 Å². The number of halogens is 1. The molecule has 0 aliphatic rings. The Balaban J connectivity index is 1.93. The number of hydrogen-bond acceptors (Lipinski definition) is 5. The average Bonchev–Trinajstić information content (AvgIpc) is 2.77. The summed E-state index contributed by atoms with van der Waals surface area (Å²) >= 11 is 6.06. The van der Waals surface area contributed by atoms with E-state index in [4.69, 9.17) is 22.1 Å². The number of sulfonamides is 1. The monoisotopic (exact) mass is 473 g/mol. The molecule has 0 bridgehead atoms. The van der Waals surface area contributed by atoms with Crippen molar-refractivity contribution in [3.63, 3.8) is 0 Å². The molecule has 0 spiro atoms. The first kappa shape index (κ1) is 23.1. The molecule has 0 radical (unpaired) electrons. The molecule has 10 heteroatoms. The number of carbonyl (C=O) groups excluding carboxylic acids is 2. The number of amides is 2. The van der Waals surface area contributed by atoms with E-state index >= 15 is 0 Å². The molecule has 2 amide bonds. The fraction of sp³-hybridized carbons (Fsp3) is 0.0909. The Morgan fingerprint density at radius 2 is 1.72 bits per heavy atom. The largest absolute Gasteiger partial charge is 0.497 e. The topological polar surface area (TPSA) is 119 Å². The normalized spacial score (nSPS) is 10.9. The first-order valence-electron chi connectivity index (χ1n) is 9.33. The maximum Gasteiger partial charge on any atom is 0.264 e. The van der Waals surface area contributed by atoms with Crippen LogP contribution < -0.4 is 20.1 Å². The number of nitrogens with zero attached hydrogens (tertiary/aromatic N) is 1. The minimum absolute atomic E-state index is 0.0261. The maximum atomic E-state index is 13.4. The van der Waals surface area contributed by atoms with Gasteiger partial charge in [-0.2, -0.15) is 0 Å². The van der Waals surface area contributed by atoms with E-state index in [9.17, 15) is 18.0 Å². The molecule has 3 rings (SSSR count). The number of carbonyl (C=O) groups is 2. The summed E-state index contributed by atoms with van der Waals surface area (Å²) in [4.78, 5) is 24.1. The predicted molar refractivity (Wildman–Crippen MR) is 123 cm³/mol. The third kappa shape index (κ3) is 5.37. The van der Waals surface area contributed by atoms with E-state index in [1.807, 2.05) is 0 Å². The molecule has 0 aliphatic heterocycles. The van der Waals surface area contributed by atoms with Crippen LogP contribution in [-0.2, 0) is 14.8 Å². The number of anilines is 2. The van der Waals surface area contributed by atoms with E-state index in [1.54, 1.807) is 24.3 Å². The van der Waals surface area contributed by atoms with Crippen molar-refractivity contribution >= 4 is 44.8 Å². The first-order chi connectivity index (χ1) is 15.2. The van der Waals surface area contributed by atoms with Gasteiger partial charge in [0.1, 0.15) is 12.3 Å². The fourth-order valence-electron chi connectivity index (χ4n) is 2.90. The summed E-state index contributed by atoms with van der Waals surface area (Å²) in [6.45, 7) is -0.532. The second-order valence-corrected chi connectivity index (χ2v) is 8.96. The molecule has 0 saturated carbocycles. The van der Waals surface area contributed by atoms with Crippen LogP contribution in [0.25, 0.3) is 0 Å². The average molecular weight is 474 g/mol. The van der Waals surface area contributed by atoms with Crippen LogP contribution in [0, 0.1) is 0 Å². The van der Waals surface area contributed by atoms with Gasteiger partial charge < -0.3 is 15.8 Å². The number of rotatable bonds is 8. The van der Waals surface area contributed by atoms with E-state index in [0.717, 1.165) is 4.31 Å². The van der Waals surface area contributed by atoms with Gasteiger partial charge in [-0.1, -0.05) is 23.7 Å². The summed E-state index contributed by atoms with van der Waals surface area (Å²) in [6, 6.07) is 18.0. The molecule has 3 aromatic rings. The number of ether oxygens (including phenoxy) is 1.